The summed E-state index contributed by atoms with van der Waals surface area (Å²) >= 11 is 0. The number of benzene rings is 1. The van der Waals surface area contributed by atoms with E-state index >= 15 is 0 Å². The fourth-order valence-corrected chi connectivity index (χ4v) is 2.54. The Morgan fingerprint density at radius 3 is 2.37 bits per heavy atom. The Balaban J connectivity index is 0.00000676. The van der Waals surface area contributed by atoms with E-state index in [0.29, 0.717) is 0 Å². The first-order valence-electron chi connectivity index (χ1n) is 8.97. The van der Waals surface area contributed by atoms with Gasteiger partial charge in [-0.2, -0.15) is 0 Å². The van der Waals surface area contributed by atoms with Crippen LogP contribution in [0.1, 0.15) is 12.0 Å². The molecule has 1 rings (SSSR count). The van der Waals surface area contributed by atoms with Crippen molar-refractivity contribution in [1.29, 1.82) is 0 Å². The predicted molar refractivity (Wildman–Crippen MR) is 122 cm³/mol. The van der Waals surface area contributed by atoms with Crippen LogP contribution < -0.4 is 20.1 Å². The molecule has 2 N–H and O–H groups in total. The van der Waals surface area contributed by atoms with Crippen molar-refractivity contribution >= 4 is 29.9 Å². The van der Waals surface area contributed by atoms with Gasteiger partial charge >= 0.3 is 0 Å². The van der Waals surface area contributed by atoms with Gasteiger partial charge in [0.2, 0.25) is 0 Å². The standard InChI is InChI=1S/C19H34N4O3.HI/c1-20-19(22-11-13-23(2)12-6-14-24-3)21-10-9-16-7-8-17(25-4)18(15-16)26-5;/h7-8,15H,6,9-14H2,1-5H3,(H2,20,21,22);1H. The second kappa shape index (κ2) is 15.8. The zero-order valence-corrected chi connectivity index (χ0v) is 19.5. The van der Waals surface area contributed by atoms with Crippen molar-refractivity contribution in [2.24, 2.45) is 4.99 Å². The third kappa shape index (κ3) is 10.6. The van der Waals surface area contributed by atoms with Gasteiger partial charge in [-0.15, -0.1) is 24.0 Å². The molecule has 7 nitrogen and oxygen atoms in total. The lowest BCUT2D eigenvalue weighted by Crippen LogP contribution is -2.41. The second-order valence-corrected chi connectivity index (χ2v) is 6.01. The van der Waals surface area contributed by atoms with Crippen LogP contribution >= 0.6 is 24.0 Å². The maximum Gasteiger partial charge on any atom is 0.191 e. The third-order valence-corrected chi connectivity index (χ3v) is 4.05. The Labute approximate surface area is 180 Å². The Bertz CT molecular complexity index is 544. The molecule has 1 aromatic rings. The highest BCUT2D eigenvalue weighted by Gasteiger charge is 2.05. The number of hydrogen-bond acceptors (Lipinski definition) is 5. The van der Waals surface area contributed by atoms with Crippen LogP contribution in [0.5, 0.6) is 11.5 Å². The number of guanidine groups is 1. The maximum atomic E-state index is 5.34. The van der Waals surface area contributed by atoms with Crippen molar-refractivity contribution in [3.05, 3.63) is 23.8 Å². The summed E-state index contributed by atoms with van der Waals surface area (Å²) in [5.41, 5.74) is 1.18. The molecule has 27 heavy (non-hydrogen) atoms. The van der Waals surface area contributed by atoms with E-state index in [1.54, 1.807) is 28.4 Å². The van der Waals surface area contributed by atoms with E-state index in [1.165, 1.54) is 5.56 Å². The lowest BCUT2D eigenvalue weighted by atomic mass is 10.1. The molecule has 0 aliphatic rings. The normalized spacial score (nSPS) is 11.1. The lowest BCUT2D eigenvalue weighted by Gasteiger charge is -2.18. The van der Waals surface area contributed by atoms with E-state index in [2.05, 4.69) is 27.6 Å². The fourth-order valence-electron chi connectivity index (χ4n) is 2.54. The van der Waals surface area contributed by atoms with Gasteiger partial charge in [-0.3, -0.25) is 4.99 Å². The summed E-state index contributed by atoms with van der Waals surface area (Å²) in [6.07, 6.45) is 1.92. The molecular weight excluding hydrogens is 459 g/mol. The zero-order chi connectivity index (χ0) is 19.2. The maximum absolute atomic E-state index is 5.34. The molecule has 0 aliphatic heterocycles. The first kappa shape index (κ1) is 25.7. The van der Waals surface area contributed by atoms with Crippen LogP contribution in [0.2, 0.25) is 0 Å². The van der Waals surface area contributed by atoms with E-state index in [9.17, 15) is 0 Å². The predicted octanol–water partition coefficient (Wildman–Crippen LogP) is 2.00. The molecule has 0 saturated heterocycles. The SMILES string of the molecule is CN=C(NCCc1ccc(OC)c(OC)c1)NCCN(C)CCCOC.I. The molecule has 0 spiro atoms. The molecule has 0 heterocycles. The Kier molecular flexibility index (Phi) is 15.0. The number of ether oxygens (including phenoxy) is 3. The van der Waals surface area contributed by atoms with Gasteiger partial charge in [0.25, 0.3) is 0 Å². The van der Waals surface area contributed by atoms with Crippen molar-refractivity contribution in [3.8, 4) is 11.5 Å². The molecule has 1 aromatic carbocycles. The average molecular weight is 494 g/mol. The number of methoxy groups -OCH3 is 3. The van der Waals surface area contributed by atoms with E-state index < -0.39 is 0 Å². The quantitative estimate of drug-likeness (QED) is 0.201. The molecule has 0 fully saturated rings. The Morgan fingerprint density at radius 1 is 1.04 bits per heavy atom. The number of aliphatic imine (C=N–C) groups is 1. The van der Waals surface area contributed by atoms with Crippen molar-refractivity contribution in [2.45, 2.75) is 12.8 Å². The minimum Gasteiger partial charge on any atom is -0.493 e. The van der Waals surface area contributed by atoms with Crippen LogP contribution in [-0.2, 0) is 11.2 Å². The van der Waals surface area contributed by atoms with Crippen LogP contribution in [-0.4, -0.2) is 79.1 Å². The number of nitrogens with one attached hydrogen (secondary N) is 2. The van der Waals surface area contributed by atoms with Gasteiger partial charge in [-0.1, -0.05) is 6.07 Å². The molecule has 156 valence electrons. The van der Waals surface area contributed by atoms with Crippen molar-refractivity contribution < 1.29 is 14.2 Å². The second-order valence-electron chi connectivity index (χ2n) is 6.01. The van der Waals surface area contributed by atoms with Gasteiger partial charge in [0.15, 0.2) is 17.5 Å². The molecule has 0 saturated carbocycles. The van der Waals surface area contributed by atoms with E-state index in [1.807, 2.05) is 18.2 Å². The fraction of sp³-hybridized carbons (Fsp3) is 0.632. The largest absolute Gasteiger partial charge is 0.493 e. The third-order valence-electron chi connectivity index (χ3n) is 4.05. The zero-order valence-electron chi connectivity index (χ0n) is 17.2. The van der Waals surface area contributed by atoms with E-state index in [-0.39, 0.29) is 24.0 Å². The molecule has 0 radical (unpaired) electrons. The highest BCUT2D eigenvalue weighted by Crippen LogP contribution is 2.27. The molecule has 0 unspecified atom stereocenters. The van der Waals surface area contributed by atoms with Gasteiger partial charge in [0.1, 0.15) is 0 Å². The topological polar surface area (TPSA) is 67.4 Å². The summed E-state index contributed by atoms with van der Waals surface area (Å²) in [4.78, 5) is 6.54. The van der Waals surface area contributed by atoms with Crippen LogP contribution in [0, 0.1) is 0 Å². The monoisotopic (exact) mass is 494 g/mol. The highest BCUT2D eigenvalue weighted by atomic mass is 127. The lowest BCUT2D eigenvalue weighted by molar-refractivity contribution is 0.180. The number of halogens is 1. The molecule has 0 amide bonds. The molecular formula is C19H35IN4O3. The molecule has 0 aliphatic carbocycles. The van der Waals surface area contributed by atoms with E-state index in [4.69, 9.17) is 14.2 Å². The van der Waals surface area contributed by atoms with Gasteiger partial charge in [-0.25, -0.2) is 0 Å². The molecule has 8 heteroatoms. The summed E-state index contributed by atoms with van der Waals surface area (Å²) in [5.74, 6) is 2.32. The first-order valence-corrected chi connectivity index (χ1v) is 8.97. The van der Waals surface area contributed by atoms with Gasteiger partial charge in [0.05, 0.1) is 14.2 Å². The van der Waals surface area contributed by atoms with Gasteiger partial charge < -0.3 is 29.7 Å². The van der Waals surface area contributed by atoms with Crippen molar-refractivity contribution in [1.82, 2.24) is 15.5 Å². The first-order chi connectivity index (χ1) is 12.6. The summed E-state index contributed by atoms with van der Waals surface area (Å²) in [7, 11) is 8.93. The van der Waals surface area contributed by atoms with Gasteiger partial charge in [-0.05, 0) is 37.6 Å². The summed E-state index contributed by atoms with van der Waals surface area (Å²) in [5, 5.41) is 6.68. The number of hydrogen-bond donors (Lipinski definition) is 2. The van der Waals surface area contributed by atoms with Crippen LogP contribution in [0.3, 0.4) is 0 Å². The minimum absolute atomic E-state index is 0. The summed E-state index contributed by atoms with van der Waals surface area (Å²) in [6, 6.07) is 5.99. The minimum atomic E-state index is 0. The Morgan fingerprint density at radius 2 is 1.74 bits per heavy atom. The average Bonchev–Trinajstić information content (AvgIpc) is 2.66. The van der Waals surface area contributed by atoms with Crippen molar-refractivity contribution in [3.63, 3.8) is 0 Å². The number of likely N-dealkylation sites (N-methyl/N-ethyl adjacent to an activating group) is 1. The smallest absolute Gasteiger partial charge is 0.191 e. The molecule has 0 aromatic heterocycles. The number of nitrogens with zero attached hydrogens (tertiary/aromatic N) is 2. The summed E-state index contributed by atoms with van der Waals surface area (Å²) in [6.45, 7) is 4.43. The van der Waals surface area contributed by atoms with E-state index in [0.717, 1.165) is 63.1 Å². The van der Waals surface area contributed by atoms with Gasteiger partial charge in [0, 0.05) is 46.9 Å². The van der Waals surface area contributed by atoms with Crippen LogP contribution in [0.4, 0.5) is 0 Å². The summed E-state index contributed by atoms with van der Waals surface area (Å²) < 4.78 is 15.7. The van der Waals surface area contributed by atoms with Crippen molar-refractivity contribution in [2.75, 3.05) is 68.2 Å². The van der Waals surface area contributed by atoms with Crippen LogP contribution in [0.15, 0.2) is 23.2 Å². The highest BCUT2D eigenvalue weighted by molar-refractivity contribution is 14.0. The number of rotatable bonds is 12. The Hall–Kier alpha value is -1.26. The molecule has 0 atom stereocenters. The molecule has 0 bridgehead atoms. The van der Waals surface area contributed by atoms with Crippen LogP contribution in [0.25, 0.3) is 0 Å².